The van der Waals surface area contributed by atoms with E-state index in [0.717, 1.165) is 23.1 Å². The molecule has 0 saturated heterocycles. The number of rotatable bonds is 6. The maximum absolute atomic E-state index is 5.99. The molecule has 0 amide bonds. The molecular formula is C13H20ClNS. The lowest BCUT2D eigenvalue weighted by molar-refractivity contribution is 0.637. The van der Waals surface area contributed by atoms with Crippen LogP contribution < -0.4 is 5.73 Å². The third-order valence-electron chi connectivity index (χ3n) is 2.66. The summed E-state index contributed by atoms with van der Waals surface area (Å²) in [6.45, 7) is 5.19. The van der Waals surface area contributed by atoms with Crippen LogP contribution in [-0.2, 0) is 6.42 Å². The Morgan fingerprint density at radius 1 is 1.44 bits per heavy atom. The van der Waals surface area contributed by atoms with Gasteiger partial charge < -0.3 is 5.73 Å². The van der Waals surface area contributed by atoms with E-state index in [0.29, 0.717) is 6.54 Å². The van der Waals surface area contributed by atoms with Crippen LogP contribution in [0.3, 0.4) is 0 Å². The normalized spacial score (nSPS) is 12.8. The Morgan fingerprint density at radius 3 is 2.81 bits per heavy atom. The lowest BCUT2D eigenvalue weighted by atomic mass is 10.1. The third kappa shape index (κ3) is 4.36. The van der Waals surface area contributed by atoms with E-state index in [1.807, 2.05) is 23.9 Å². The highest BCUT2D eigenvalue weighted by Crippen LogP contribution is 2.28. The van der Waals surface area contributed by atoms with E-state index in [1.54, 1.807) is 0 Å². The van der Waals surface area contributed by atoms with Gasteiger partial charge in [0.1, 0.15) is 0 Å². The second-order valence-corrected chi connectivity index (χ2v) is 5.61. The molecule has 0 fully saturated rings. The first-order valence-electron chi connectivity index (χ1n) is 5.78. The molecule has 0 radical (unpaired) electrons. The third-order valence-corrected chi connectivity index (χ3v) is 4.34. The fourth-order valence-electron chi connectivity index (χ4n) is 1.39. The number of halogens is 1. The summed E-state index contributed by atoms with van der Waals surface area (Å²) in [5, 5.41) is 0.802. The van der Waals surface area contributed by atoms with Gasteiger partial charge in [-0.3, -0.25) is 0 Å². The molecule has 2 N–H and O–H groups in total. The number of thioether (sulfide) groups is 1. The number of nitrogens with two attached hydrogens (primary N) is 1. The van der Waals surface area contributed by atoms with E-state index in [-0.39, 0.29) is 0 Å². The number of hydrogen-bond donors (Lipinski definition) is 1. The van der Waals surface area contributed by atoms with E-state index in [9.17, 15) is 0 Å². The summed E-state index contributed by atoms with van der Waals surface area (Å²) >= 11 is 7.91. The highest BCUT2D eigenvalue weighted by molar-refractivity contribution is 7.99. The average Bonchev–Trinajstić information content (AvgIpc) is 2.28. The smallest absolute Gasteiger partial charge is 0.0409 e. The van der Waals surface area contributed by atoms with Crippen LogP contribution in [-0.4, -0.2) is 12.3 Å². The predicted molar refractivity (Wildman–Crippen MR) is 74.4 cm³/mol. The SMILES string of the molecule is CCC(C)CSc1ccc(Cl)cc1CCN. The van der Waals surface area contributed by atoms with Crippen LogP contribution in [0.5, 0.6) is 0 Å². The highest BCUT2D eigenvalue weighted by Gasteiger charge is 2.06. The molecule has 0 aliphatic heterocycles. The summed E-state index contributed by atoms with van der Waals surface area (Å²) in [5.74, 6) is 1.92. The van der Waals surface area contributed by atoms with Gasteiger partial charge in [-0.2, -0.15) is 0 Å². The van der Waals surface area contributed by atoms with Crippen molar-refractivity contribution < 1.29 is 0 Å². The topological polar surface area (TPSA) is 26.0 Å². The Morgan fingerprint density at radius 2 is 2.19 bits per heavy atom. The lowest BCUT2D eigenvalue weighted by Crippen LogP contribution is -2.04. The lowest BCUT2D eigenvalue weighted by Gasteiger charge is -2.11. The second-order valence-electron chi connectivity index (χ2n) is 4.12. The summed E-state index contributed by atoms with van der Waals surface area (Å²) in [6, 6.07) is 6.11. The molecule has 1 aromatic rings. The summed E-state index contributed by atoms with van der Waals surface area (Å²) in [7, 11) is 0. The van der Waals surface area contributed by atoms with Gasteiger partial charge in [0.05, 0.1) is 0 Å². The maximum Gasteiger partial charge on any atom is 0.0409 e. The zero-order valence-electron chi connectivity index (χ0n) is 10.0. The molecule has 1 atom stereocenters. The standard InChI is InChI=1S/C13H20ClNS/c1-3-10(2)9-16-13-5-4-12(14)8-11(13)6-7-15/h4-5,8,10H,3,6-7,9,15H2,1-2H3. The second kappa shape index (κ2) is 7.21. The van der Waals surface area contributed by atoms with Gasteiger partial charge in [-0.1, -0.05) is 31.9 Å². The molecule has 0 aromatic heterocycles. The van der Waals surface area contributed by atoms with Crippen LogP contribution in [0.2, 0.25) is 5.02 Å². The zero-order chi connectivity index (χ0) is 12.0. The first kappa shape index (κ1) is 13.9. The maximum atomic E-state index is 5.99. The summed E-state index contributed by atoms with van der Waals surface area (Å²) in [4.78, 5) is 1.33. The van der Waals surface area contributed by atoms with Crippen LogP contribution >= 0.6 is 23.4 Å². The van der Waals surface area contributed by atoms with Crippen LogP contribution in [0.1, 0.15) is 25.8 Å². The van der Waals surface area contributed by atoms with Crippen molar-refractivity contribution in [2.45, 2.75) is 31.6 Å². The van der Waals surface area contributed by atoms with E-state index in [2.05, 4.69) is 19.9 Å². The molecular weight excluding hydrogens is 238 g/mol. The van der Waals surface area contributed by atoms with Crippen molar-refractivity contribution in [3.05, 3.63) is 28.8 Å². The number of hydrogen-bond acceptors (Lipinski definition) is 2. The van der Waals surface area contributed by atoms with Gasteiger partial charge in [-0.05, 0) is 42.6 Å². The van der Waals surface area contributed by atoms with Crippen molar-refractivity contribution in [3.8, 4) is 0 Å². The Hall–Kier alpha value is -0.180. The van der Waals surface area contributed by atoms with Crippen molar-refractivity contribution in [2.75, 3.05) is 12.3 Å². The fraction of sp³-hybridized carbons (Fsp3) is 0.538. The Balaban J connectivity index is 2.70. The Kier molecular flexibility index (Phi) is 6.25. The minimum atomic E-state index is 0.678. The monoisotopic (exact) mass is 257 g/mol. The fourth-order valence-corrected chi connectivity index (χ4v) is 2.79. The molecule has 1 aromatic carbocycles. The van der Waals surface area contributed by atoms with Crippen LogP contribution in [0.25, 0.3) is 0 Å². The molecule has 1 nitrogen and oxygen atoms in total. The number of benzene rings is 1. The molecule has 0 aliphatic carbocycles. The highest BCUT2D eigenvalue weighted by atomic mass is 35.5. The van der Waals surface area contributed by atoms with Gasteiger partial charge in [0, 0.05) is 15.7 Å². The van der Waals surface area contributed by atoms with Gasteiger partial charge >= 0.3 is 0 Å². The van der Waals surface area contributed by atoms with E-state index >= 15 is 0 Å². The van der Waals surface area contributed by atoms with Gasteiger partial charge in [0.15, 0.2) is 0 Å². The van der Waals surface area contributed by atoms with Crippen molar-refractivity contribution in [1.29, 1.82) is 0 Å². The first-order chi connectivity index (χ1) is 7.67. The van der Waals surface area contributed by atoms with Gasteiger partial charge in [0.2, 0.25) is 0 Å². The van der Waals surface area contributed by atoms with Crippen molar-refractivity contribution in [1.82, 2.24) is 0 Å². The van der Waals surface area contributed by atoms with Crippen LogP contribution in [0.15, 0.2) is 23.1 Å². The molecule has 90 valence electrons. The van der Waals surface area contributed by atoms with Gasteiger partial charge in [-0.25, -0.2) is 0 Å². The molecule has 16 heavy (non-hydrogen) atoms. The molecule has 0 spiro atoms. The first-order valence-corrected chi connectivity index (χ1v) is 7.15. The van der Waals surface area contributed by atoms with E-state index < -0.39 is 0 Å². The van der Waals surface area contributed by atoms with Gasteiger partial charge in [-0.15, -0.1) is 11.8 Å². The minimum Gasteiger partial charge on any atom is -0.330 e. The van der Waals surface area contributed by atoms with Crippen molar-refractivity contribution in [3.63, 3.8) is 0 Å². The molecule has 3 heteroatoms. The Labute approximate surface area is 108 Å². The quantitative estimate of drug-likeness (QED) is 0.781. The molecule has 0 saturated carbocycles. The molecule has 0 aliphatic rings. The van der Waals surface area contributed by atoms with Crippen LogP contribution in [0.4, 0.5) is 0 Å². The molecule has 0 bridgehead atoms. The van der Waals surface area contributed by atoms with Crippen LogP contribution in [0, 0.1) is 5.92 Å². The average molecular weight is 258 g/mol. The molecule has 1 unspecified atom stereocenters. The van der Waals surface area contributed by atoms with Gasteiger partial charge in [0.25, 0.3) is 0 Å². The Bertz CT molecular complexity index is 328. The molecule has 1 rings (SSSR count). The summed E-state index contributed by atoms with van der Waals surface area (Å²) in [6.07, 6.45) is 2.14. The summed E-state index contributed by atoms with van der Waals surface area (Å²) in [5.41, 5.74) is 6.89. The molecule has 0 heterocycles. The largest absolute Gasteiger partial charge is 0.330 e. The zero-order valence-corrected chi connectivity index (χ0v) is 11.6. The van der Waals surface area contributed by atoms with E-state index in [1.165, 1.54) is 16.9 Å². The predicted octanol–water partition coefficient (Wildman–Crippen LogP) is 3.98. The van der Waals surface area contributed by atoms with Crippen molar-refractivity contribution >= 4 is 23.4 Å². The summed E-state index contributed by atoms with van der Waals surface area (Å²) < 4.78 is 0. The minimum absolute atomic E-state index is 0.678. The van der Waals surface area contributed by atoms with Crippen molar-refractivity contribution in [2.24, 2.45) is 11.7 Å². The van der Waals surface area contributed by atoms with E-state index in [4.69, 9.17) is 17.3 Å².